The first-order valence-corrected chi connectivity index (χ1v) is 8.11. The van der Waals surface area contributed by atoms with E-state index in [2.05, 4.69) is 5.32 Å². The number of nitrogens with one attached hydrogen (secondary N) is 1. The normalized spacial score (nSPS) is 17.0. The van der Waals surface area contributed by atoms with Gasteiger partial charge in [0, 0.05) is 30.8 Å². The van der Waals surface area contributed by atoms with Crippen LogP contribution in [0.25, 0.3) is 0 Å². The summed E-state index contributed by atoms with van der Waals surface area (Å²) in [5.41, 5.74) is 2.23. The third-order valence-corrected chi connectivity index (χ3v) is 5.05. The predicted octanol–water partition coefficient (Wildman–Crippen LogP) is 3.31. The van der Waals surface area contributed by atoms with Gasteiger partial charge in [-0.1, -0.05) is 11.6 Å². The van der Waals surface area contributed by atoms with E-state index in [9.17, 15) is 4.79 Å². The molecule has 112 valence electrons. The van der Waals surface area contributed by atoms with Gasteiger partial charge in [0.1, 0.15) is 0 Å². The third-order valence-electron chi connectivity index (χ3n) is 3.71. The predicted molar refractivity (Wildman–Crippen MR) is 86.6 cm³/mol. The first kappa shape index (κ1) is 14.6. The maximum Gasteiger partial charge on any atom is 0.250 e. The van der Waals surface area contributed by atoms with Gasteiger partial charge < -0.3 is 14.6 Å². The summed E-state index contributed by atoms with van der Waals surface area (Å²) in [5, 5.41) is 3.50. The van der Waals surface area contributed by atoms with Gasteiger partial charge in [-0.25, -0.2) is 0 Å². The molecule has 2 aromatic rings. The van der Waals surface area contributed by atoms with Crippen LogP contribution in [0.2, 0.25) is 4.34 Å². The Morgan fingerprint density at radius 1 is 1.52 bits per heavy atom. The van der Waals surface area contributed by atoms with E-state index in [4.69, 9.17) is 16.3 Å². The topological polar surface area (TPSA) is 43.3 Å². The standard InChI is InChI=1S/C15H17ClN2O2S/c1-20-7-6-18-9-10(2-5-15(18)19)17-12-3-4-13-11(12)8-14(16)21-13/h2,5,8-9,12,17H,3-4,6-7H2,1H3. The van der Waals surface area contributed by atoms with Crippen molar-refractivity contribution in [3.63, 3.8) is 0 Å². The summed E-state index contributed by atoms with van der Waals surface area (Å²) in [7, 11) is 1.63. The smallest absolute Gasteiger partial charge is 0.250 e. The number of nitrogens with zero attached hydrogens (tertiary/aromatic N) is 1. The van der Waals surface area contributed by atoms with E-state index in [1.54, 1.807) is 29.1 Å². The van der Waals surface area contributed by atoms with Crippen LogP contribution in [-0.4, -0.2) is 18.3 Å². The zero-order valence-corrected chi connectivity index (χ0v) is 13.3. The maximum atomic E-state index is 11.8. The summed E-state index contributed by atoms with van der Waals surface area (Å²) in [6, 6.07) is 5.75. The van der Waals surface area contributed by atoms with Crippen molar-refractivity contribution >= 4 is 28.6 Å². The highest BCUT2D eigenvalue weighted by molar-refractivity contribution is 7.16. The molecule has 1 atom stereocenters. The fourth-order valence-electron chi connectivity index (χ4n) is 2.66. The van der Waals surface area contributed by atoms with Crippen LogP contribution in [0, 0.1) is 0 Å². The number of halogens is 1. The number of ether oxygens (including phenoxy) is 1. The zero-order chi connectivity index (χ0) is 14.8. The van der Waals surface area contributed by atoms with Crippen LogP contribution in [0.1, 0.15) is 22.9 Å². The van der Waals surface area contributed by atoms with E-state index in [1.165, 1.54) is 10.4 Å². The highest BCUT2D eigenvalue weighted by Crippen LogP contribution is 2.40. The molecular formula is C15H17ClN2O2S. The summed E-state index contributed by atoms with van der Waals surface area (Å²) in [6.07, 6.45) is 3.98. The SMILES string of the molecule is COCCn1cc(NC2CCc3sc(Cl)cc32)ccc1=O. The summed E-state index contributed by atoms with van der Waals surface area (Å²) < 4.78 is 7.54. The highest BCUT2D eigenvalue weighted by atomic mass is 35.5. The van der Waals surface area contributed by atoms with Gasteiger partial charge in [-0.05, 0) is 30.5 Å². The molecule has 2 aromatic heterocycles. The van der Waals surface area contributed by atoms with Crippen LogP contribution < -0.4 is 10.9 Å². The van der Waals surface area contributed by atoms with E-state index in [0.29, 0.717) is 13.2 Å². The van der Waals surface area contributed by atoms with Gasteiger partial charge in [-0.2, -0.15) is 0 Å². The van der Waals surface area contributed by atoms with Crippen LogP contribution >= 0.6 is 22.9 Å². The van der Waals surface area contributed by atoms with Crippen molar-refractivity contribution in [2.24, 2.45) is 0 Å². The van der Waals surface area contributed by atoms with E-state index in [1.807, 2.05) is 18.3 Å². The minimum atomic E-state index is -0.0108. The fraction of sp³-hybridized carbons (Fsp3) is 0.400. The molecule has 0 radical (unpaired) electrons. The van der Waals surface area contributed by atoms with Crippen molar-refractivity contribution in [1.82, 2.24) is 4.57 Å². The molecule has 1 N–H and O–H groups in total. The highest BCUT2D eigenvalue weighted by Gasteiger charge is 2.25. The quantitative estimate of drug-likeness (QED) is 0.917. The Kier molecular flexibility index (Phi) is 4.33. The van der Waals surface area contributed by atoms with Gasteiger partial charge >= 0.3 is 0 Å². The van der Waals surface area contributed by atoms with Crippen molar-refractivity contribution in [3.05, 3.63) is 49.5 Å². The van der Waals surface area contributed by atoms with Crippen LogP contribution in [0.5, 0.6) is 0 Å². The van der Waals surface area contributed by atoms with Gasteiger partial charge in [0.25, 0.3) is 5.56 Å². The fourth-order valence-corrected chi connectivity index (χ4v) is 4.02. The number of anilines is 1. The lowest BCUT2D eigenvalue weighted by Crippen LogP contribution is -2.21. The van der Waals surface area contributed by atoms with E-state index in [-0.39, 0.29) is 11.6 Å². The van der Waals surface area contributed by atoms with Crippen molar-refractivity contribution in [2.45, 2.75) is 25.4 Å². The lowest BCUT2D eigenvalue weighted by Gasteiger charge is -2.16. The average Bonchev–Trinajstić information content (AvgIpc) is 3.00. The lowest BCUT2D eigenvalue weighted by atomic mass is 10.1. The first-order chi connectivity index (χ1) is 10.2. The van der Waals surface area contributed by atoms with Crippen LogP contribution in [0.15, 0.2) is 29.2 Å². The molecule has 6 heteroatoms. The number of thiophene rings is 1. The number of hydrogen-bond donors (Lipinski definition) is 1. The molecule has 4 nitrogen and oxygen atoms in total. The Morgan fingerprint density at radius 3 is 3.19 bits per heavy atom. The van der Waals surface area contributed by atoms with E-state index < -0.39 is 0 Å². The maximum absolute atomic E-state index is 11.8. The molecule has 3 rings (SSSR count). The van der Waals surface area contributed by atoms with E-state index in [0.717, 1.165) is 22.9 Å². The minimum Gasteiger partial charge on any atom is -0.383 e. The van der Waals surface area contributed by atoms with Crippen molar-refractivity contribution in [3.8, 4) is 0 Å². The van der Waals surface area contributed by atoms with Gasteiger partial charge in [-0.15, -0.1) is 11.3 Å². The largest absolute Gasteiger partial charge is 0.383 e. The lowest BCUT2D eigenvalue weighted by molar-refractivity contribution is 0.186. The Labute approximate surface area is 132 Å². The molecule has 1 unspecified atom stereocenters. The summed E-state index contributed by atoms with van der Waals surface area (Å²) in [4.78, 5) is 13.1. The second kappa shape index (κ2) is 6.22. The Morgan fingerprint density at radius 2 is 2.38 bits per heavy atom. The second-order valence-electron chi connectivity index (χ2n) is 5.11. The molecule has 0 aliphatic heterocycles. The van der Waals surface area contributed by atoms with Gasteiger partial charge in [0.2, 0.25) is 0 Å². The van der Waals surface area contributed by atoms with Crippen LogP contribution in [-0.2, 0) is 17.7 Å². The van der Waals surface area contributed by atoms with Gasteiger partial charge in [0.05, 0.1) is 22.7 Å². The Hall–Kier alpha value is -1.30. The molecule has 0 saturated carbocycles. The Balaban J connectivity index is 1.78. The number of aryl methyl sites for hydroxylation is 1. The molecule has 0 saturated heterocycles. The zero-order valence-electron chi connectivity index (χ0n) is 11.8. The number of fused-ring (bicyclic) bond motifs is 1. The number of hydrogen-bond acceptors (Lipinski definition) is 4. The molecule has 0 amide bonds. The monoisotopic (exact) mass is 324 g/mol. The average molecular weight is 325 g/mol. The molecule has 0 fully saturated rings. The van der Waals surface area contributed by atoms with Crippen molar-refractivity contribution in [1.29, 1.82) is 0 Å². The number of aromatic nitrogens is 1. The number of methoxy groups -OCH3 is 1. The molecule has 1 aliphatic rings. The van der Waals surface area contributed by atoms with Crippen molar-refractivity contribution in [2.75, 3.05) is 19.0 Å². The summed E-state index contributed by atoms with van der Waals surface area (Å²) in [6.45, 7) is 1.09. The number of rotatable bonds is 5. The molecule has 21 heavy (non-hydrogen) atoms. The summed E-state index contributed by atoms with van der Waals surface area (Å²) >= 11 is 7.74. The molecule has 1 aliphatic carbocycles. The van der Waals surface area contributed by atoms with Gasteiger partial charge in [0.15, 0.2) is 0 Å². The second-order valence-corrected chi connectivity index (χ2v) is 6.87. The van der Waals surface area contributed by atoms with E-state index >= 15 is 0 Å². The third kappa shape index (κ3) is 3.15. The molecular weight excluding hydrogens is 308 g/mol. The Bertz CT molecular complexity index is 695. The van der Waals surface area contributed by atoms with Crippen LogP contribution in [0.4, 0.5) is 5.69 Å². The van der Waals surface area contributed by atoms with Crippen LogP contribution in [0.3, 0.4) is 0 Å². The summed E-state index contributed by atoms with van der Waals surface area (Å²) in [5.74, 6) is 0. The van der Waals surface area contributed by atoms with Crippen molar-refractivity contribution < 1.29 is 4.74 Å². The minimum absolute atomic E-state index is 0.0108. The molecule has 0 bridgehead atoms. The van der Waals surface area contributed by atoms with Gasteiger partial charge in [-0.3, -0.25) is 4.79 Å². The molecule has 0 aromatic carbocycles. The first-order valence-electron chi connectivity index (χ1n) is 6.91. The molecule has 2 heterocycles. The molecule has 0 spiro atoms. The number of pyridine rings is 1.